The Morgan fingerprint density at radius 1 is 1.33 bits per heavy atom. The molecule has 1 aliphatic rings. The van der Waals surface area contributed by atoms with Crippen LogP contribution in [0.2, 0.25) is 0 Å². The Labute approximate surface area is 245 Å². The zero-order chi connectivity index (χ0) is 32.3. The van der Waals surface area contributed by atoms with Gasteiger partial charge >= 0.3 is 0 Å². The van der Waals surface area contributed by atoms with Crippen LogP contribution in [0.4, 0.5) is 15.8 Å². The largest absolute Gasteiger partial charge is 0.496 e. The highest BCUT2D eigenvalue weighted by atomic mass is 19.1. The van der Waals surface area contributed by atoms with Crippen molar-refractivity contribution in [2.75, 3.05) is 25.1 Å². The van der Waals surface area contributed by atoms with E-state index in [0.29, 0.717) is 41.0 Å². The number of carbonyl (C=O) groups excluding carboxylic acids is 1. The summed E-state index contributed by atoms with van der Waals surface area (Å²) in [6.45, 7) is 7.82. The summed E-state index contributed by atoms with van der Waals surface area (Å²) in [5, 5.41) is 19.4. The molecule has 210 valence electrons. The lowest BCUT2D eigenvalue weighted by molar-refractivity contribution is 0.0988. The van der Waals surface area contributed by atoms with Gasteiger partial charge in [0.2, 0.25) is 0 Å². The summed E-state index contributed by atoms with van der Waals surface area (Å²) in [6.07, 6.45) is 4.73. The maximum absolute atomic E-state index is 15.3. The number of hydrogen-bond donors (Lipinski definition) is 2. The van der Waals surface area contributed by atoms with Gasteiger partial charge in [-0.3, -0.25) is 9.78 Å². The fourth-order valence-corrected chi connectivity index (χ4v) is 5.11. The molecule has 0 unspecified atom stereocenters. The molecule has 0 aliphatic carbocycles. The molecule has 5 rings (SSSR count). The molecule has 0 saturated carbocycles. The number of nitrogens with two attached hydrogens (primary N) is 1. The number of hydrogen-bond acceptors (Lipinski definition) is 9. The van der Waals surface area contributed by atoms with Crippen LogP contribution in [-0.2, 0) is 6.42 Å². The van der Waals surface area contributed by atoms with Crippen molar-refractivity contribution in [2.24, 2.45) is 5.73 Å². The average molecular weight is 567 g/mol. The Hall–Kier alpha value is -5.23. The van der Waals surface area contributed by atoms with Gasteiger partial charge in [0.15, 0.2) is 23.1 Å². The number of nitrogens with zero attached hydrogens (tertiary/aromatic N) is 6. The molecule has 2 atom stereocenters. The lowest BCUT2D eigenvalue weighted by Crippen LogP contribution is -2.33. The lowest BCUT2D eigenvalue weighted by Gasteiger charge is -2.28. The van der Waals surface area contributed by atoms with Gasteiger partial charge in [-0.1, -0.05) is 12.1 Å². The minimum absolute atomic E-state index is 0.0870. The molecule has 0 radical (unpaired) electrons. The highest BCUT2D eigenvalue weighted by molar-refractivity contribution is 5.97. The Morgan fingerprint density at radius 3 is 2.95 bits per heavy atom. The number of rotatable bonds is 8. The number of Topliss-reactive ketones (excluding diaryl/α,β-unsaturated/α-hetero) is 1. The SMILES string of the molecule is [2H]C([2H])([2H])Oc1ccc(C#N)c(F)c1-c1nccc(C(=O)Cc2ccc(-c3cnccc3[N+]#[C-])cc2N2C[C@@H](N)C[C@H]2CO)n1. The molecule has 1 fully saturated rings. The zero-order valence-electron chi connectivity index (χ0n) is 25.2. The lowest BCUT2D eigenvalue weighted by atomic mass is 9.98. The Bertz CT molecular complexity index is 1860. The minimum atomic E-state index is -2.93. The third kappa shape index (κ3) is 5.39. The van der Waals surface area contributed by atoms with Gasteiger partial charge in [-0.05, 0) is 47.9 Å². The van der Waals surface area contributed by atoms with Crippen LogP contribution in [0.25, 0.3) is 27.4 Å². The van der Waals surface area contributed by atoms with Gasteiger partial charge in [0, 0.05) is 48.8 Å². The summed E-state index contributed by atoms with van der Waals surface area (Å²) in [7, 11) is -2.93. The molecule has 1 saturated heterocycles. The van der Waals surface area contributed by atoms with Crippen LogP contribution in [0, 0.1) is 23.7 Å². The first-order valence-electron chi connectivity index (χ1n) is 14.4. The normalized spacial score (nSPS) is 17.5. The number of ketones is 1. The van der Waals surface area contributed by atoms with Gasteiger partial charge in [-0.25, -0.2) is 19.2 Å². The second kappa shape index (κ2) is 12.1. The van der Waals surface area contributed by atoms with E-state index in [1.165, 1.54) is 18.5 Å². The van der Waals surface area contributed by atoms with Crippen LogP contribution < -0.4 is 15.4 Å². The van der Waals surface area contributed by atoms with Crippen molar-refractivity contribution in [1.29, 1.82) is 5.26 Å². The highest BCUT2D eigenvalue weighted by Crippen LogP contribution is 2.37. The van der Waals surface area contributed by atoms with Gasteiger partial charge in [-0.2, -0.15) is 5.26 Å². The molecule has 2 aromatic carbocycles. The molecule has 0 amide bonds. The third-order valence-corrected chi connectivity index (χ3v) is 7.13. The second-order valence-corrected chi connectivity index (χ2v) is 9.71. The monoisotopic (exact) mass is 566 g/mol. The van der Waals surface area contributed by atoms with E-state index in [1.807, 2.05) is 11.0 Å². The van der Waals surface area contributed by atoms with Crippen LogP contribution in [0.3, 0.4) is 0 Å². The molecular formula is C31H26FN7O3. The number of halogens is 1. The Kier molecular flexibility index (Phi) is 7.08. The van der Waals surface area contributed by atoms with Crippen LogP contribution >= 0.6 is 0 Å². The fourth-order valence-electron chi connectivity index (χ4n) is 5.11. The quantitative estimate of drug-likeness (QED) is 0.238. The number of methoxy groups -OCH3 is 1. The van der Waals surface area contributed by atoms with E-state index in [-0.39, 0.29) is 42.2 Å². The number of benzene rings is 2. The summed E-state index contributed by atoms with van der Waals surface area (Å²) < 4.78 is 42.6. The number of aliphatic hydroxyl groups excluding tert-OH is 1. The minimum Gasteiger partial charge on any atom is -0.496 e. The first kappa shape index (κ1) is 24.6. The van der Waals surface area contributed by atoms with E-state index in [0.717, 1.165) is 12.1 Å². The van der Waals surface area contributed by atoms with Gasteiger partial charge in [-0.15, -0.1) is 0 Å². The van der Waals surface area contributed by atoms with Crippen molar-refractivity contribution in [2.45, 2.75) is 24.9 Å². The van der Waals surface area contributed by atoms with Crippen LogP contribution in [-0.4, -0.2) is 58.1 Å². The van der Waals surface area contributed by atoms with E-state index in [1.54, 1.807) is 30.5 Å². The molecule has 42 heavy (non-hydrogen) atoms. The van der Waals surface area contributed by atoms with E-state index in [4.69, 9.17) is 21.2 Å². The molecule has 10 nitrogen and oxygen atoms in total. The summed E-state index contributed by atoms with van der Waals surface area (Å²) in [4.78, 5) is 31.6. The van der Waals surface area contributed by atoms with Crippen molar-refractivity contribution in [3.05, 3.63) is 95.1 Å². The smallest absolute Gasteiger partial charge is 0.197 e. The van der Waals surface area contributed by atoms with Crippen molar-refractivity contribution in [3.63, 3.8) is 0 Å². The molecular weight excluding hydrogens is 537 g/mol. The predicted octanol–water partition coefficient (Wildman–Crippen LogP) is 4.10. The number of ether oxygens (including phenoxy) is 1. The molecule has 3 N–H and O–H groups in total. The summed E-state index contributed by atoms with van der Waals surface area (Å²) in [5.41, 5.74) is 8.23. The predicted molar refractivity (Wildman–Crippen MR) is 153 cm³/mol. The number of aromatic nitrogens is 3. The van der Waals surface area contributed by atoms with E-state index < -0.39 is 30.0 Å². The first-order chi connectivity index (χ1) is 21.5. The zero-order valence-corrected chi connectivity index (χ0v) is 22.2. The number of pyridine rings is 1. The van der Waals surface area contributed by atoms with Gasteiger partial charge < -0.3 is 20.5 Å². The van der Waals surface area contributed by atoms with Crippen molar-refractivity contribution in [1.82, 2.24) is 15.0 Å². The van der Waals surface area contributed by atoms with Crippen molar-refractivity contribution in [3.8, 4) is 34.3 Å². The maximum atomic E-state index is 15.3. The molecule has 0 bridgehead atoms. The Balaban J connectivity index is 1.55. The number of carbonyl (C=O) groups is 1. The number of nitriles is 1. The average Bonchev–Trinajstić information content (AvgIpc) is 3.41. The van der Waals surface area contributed by atoms with Crippen molar-refractivity contribution < 1.29 is 23.1 Å². The van der Waals surface area contributed by atoms with Gasteiger partial charge in [0.1, 0.15) is 17.5 Å². The molecule has 3 heterocycles. The third-order valence-electron chi connectivity index (χ3n) is 7.13. The number of anilines is 1. The second-order valence-electron chi connectivity index (χ2n) is 9.71. The maximum Gasteiger partial charge on any atom is 0.197 e. The summed E-state index contributed by atoms with van der Waals surface area (Å²) in [5.74, 6) is -2.30. The highest BCUT2D eigenvalue weighted by Gasteiger charge is 2.32. The molecule has 1 aliphatic heterocycles. The molecule has 0 spiro atoms. The van der Waals surface area contributed by atoms with Crippen LogP contribution in [0.15, 0.2) is 61.1 Å². The van der Waals surface area contributed by atoms with Crippen molar-refractivity contribution >= 4 is 17.2 Å². The molecule has 11 heteroatoms. The molecule has 4 aromatic rings. The van der Waals surface area contributed by atoms with Crippen LogP contribution in [0.1, 0.15) is 32.1 Å². The molecule has 2 aromatic heterocycles. The topological polar surface area (TPSA) is 143 Å². The van der Waals surface area contributed by atoms with Crippen LogP contribution in [0.5, 0.6) is 5.75 Å². The summed E-state index contributed by atoms with van der Waals surface area (Å²) >= 11 is 0. The Morgan fingerprint density at radius 2 is 2.19 bits per heavy atom. The van der Waals surface area contributed by atoms with Gasteiger partial charge in [0.25, 0.3) is 0 Å². The van der Waals surface area contributed by atoms with E-state index >= 15 is 4.39 Å². The number of aliphatic hydroxyl groups is 1. The van der Waals surface area contributed by atoms with E-state index in [2.05, 4.69) is 19.8 Å². The van der Waals surface area contributed by atoms with E-state index in [9.17, 15) is 15.2 Å². The summed E-state index contributed by atoms with van der Waals surface area (Å²) in [6, 6.07) is 11.7. The standard InChI is InChI=1S/C31H26FN7O3/c1-35-24-7-9-36-15-23(24)18-3-4-19(26(11-18)39-16-21(34)13-22(39)17-40)12-27(41)25-8-10-37-31(38-25)29-28(42-2)6-5-20(14-33)30(29)32/h3-11,15,21-22,40H,12-13,16-17,34H2,2H3/t21-,22-/m0/s1/i2D3. The first-order valence-corrected chi connectivity index (χ1v) is 12.9. The van der Waals surface area contributed by atoms with Gasteiger partial charge in [0.05, 0.1) is 41.5 Å². The fraction of sp³-hybridized carbons (Fsp3) is 0.226.